The van der Waals surface area contributed by atoms with Crippen molar-refractivity contribution in [2.75, 3.05) is 30.8 Å². The molecule has 2 aliphatic rings. The second kappa shape index (κ2) is 16.1. The summed E-state index contributed by atoms with van der Waals surface area (Å²) in [5, 5.41) is 9.40. The van der Waals surface area contributed by atoms with Crippen molar-refractivity contribution in [3.63, 3.8) is 0 Å². The zero-order valence-electron chi connectivity index (χ0n) is 22.9. The molecule has 41 heavy (non-hydrogen) atoms. The molecule has 1 aromatic heterocycles. The molecule has 1 unspecified atom stereocenters. The number of amides is 3. The molecule has 1 aliphatic heterocycles. The fourth-order valence-corrected chi connectivity index (χ4v) is 5.06. The Morgan fingerprint density at radius 3 is 2.41 bits per heavy atom. The molecule has 2 heterocycles. The van der Waals surface area contributed by atoms with Crippen LogP contribution in [0.15, 0.2) is 67.0 Å². The highest BCUT2D eigenvalue weighted by Gasteiger charge is 2.35. The lowest BCUT2D eigenvalue weighted by Gasteiger charge is -2.35. The van der Waals surface area contributed by atoms with Gasteiger partial charge in [0.05, 0.1) is 11.2 Å². The fourth-order valence-electron chi connectivity index (χ4n) is 4.93. The fraction of sp³-hybridized carbons (Fsp3) is 0.367. The summed E-state index contributed by atoms with van der Waals surface area (Å²) >= 11 is 8.59. The summed E-state index contributed by atoms with van der Waals surface area (Å²) in [5.41, 5.74) is 2.49. The number of anilines is 2. The van der Waals surface area contributed by atoms with Gasteiger partial charge in [-0.1, -0.05) is 36.6 Å². The monoisotopic (exact) mass is 599 g/mol. The minimum absolute atomic E-state index is 0.0187. The number of nitrogens with one attached hydrogen (secondary N) is 3. The van der Waals surface area contributed by atoms with E-state index < -0.39 is 11.4 Å². The number of likely N-dealkylation sites (tertiary alicyclic amines) is 1. The SMILES string of the molecule is CNC(CCC1CC1)(c1cccnc1)c1ccc(F)c(NC=O)c1.O=C(Nc1ccc(Cl)cc1)N1CCCC1.O=S. The molecule has 0 spiro atoms. The van der Waals surface area contributed by atoms with Gasteiger partial charge in [0.15, 0.2) is 12.5 Å². The minimum atomic E-state index is -0.454. The van der Waals surface area contributed by atoms with E-state index in [9.17, 15) is 14.0 Å². The Hall–Kier alpha value is -3.47. The van der Waals surface area contributed by atoms with Crippen molar-refractivity contribution in [3.8, 4) is 0 Å². The smallest absolute Gasteiger partial charge is 0.321 e. The summed E-state index contributed by atoms with van der Waals surface area (Å²) in [7, 11) is 1.91. The van der Waals surface area contributed by atoms with E-state index in [1.54, 1.807) is 42.6 Å². The maximum atomic E-state index is 13.9. The lowest BCUT2D eigenvalue weighted by Crippen LogP contribution is -2.41. The third-order valence-corrected chi connectivity index (χ3v) is 7.62. The molecule has 11 heteroatoms. The van der Waals surface area contributed by atoms with Gasteiger partial charge in [0.1, 0.15) is 5.82 Å². The molecule has 5 rings (SSSR count). The predicted molar refractivity (Wildman–Crippen MR) is 162 cm³/mol. The largest absolute Gasteiger partial charge is 0.326 e. The van der Waals surface area contributed by atoms with E-state index in [4.69, 9.17) is 15.8 Å². The number of carbonyl (C=O) groups excluding carboxylic acids is 2. The third kappa shape index (κ3) is 9.01. The Morgan fingerprint density at radius 1 is 1.12 bits per heavy atom. The molecule has 3 amide bonds. The van der Waals surface area contributed by atoms with E-state index in [-0.39, 0.29) is 11.7 Å². The number of benzene rings is 2. The van der Waals surface area contributed by atoms with Gasteiger partial charge in [0.25, 0.3) is 0 Å². The van der Waals surface area contributed by atoms with Crippen LogP contribution in [-0.4, -0.2) is 46.7 Å². The van der Waals surface area contributed by atoms with Gasteiger partial charge < -0.3 is 20.9 Å². The third-order valence-electron chi connectivity index (χ3n) is 7.37. The van der Waals surface area contributed by atoms with E-state index in [1.807, 2.05) is 30.3 Å². The topological polar surface area (TPSA) is 103 Å². The van der Waals surface area contributed by atoms with Crippen LogP contribution in [-0.2, 0) is 22.9 Å². The molecule has 3 N–H and O–H groups in total. The summed E-state index contributed by atoms with van der Waals surface area (Å²) in [6.45, 7) is 1.72. The first-order valence-corrected chi connectivity index (χ1v) is 14.2. The van der Waals surface area contributed by atoms with E-state index >= 15 is 0 Å². The number of pyridine rings is 1. The summed E-state index contributed by atoms with van der Waals surface area (Å²) in [6, 6.07) is 16.0. The second-order valence-corrected chi connectivity index (χ2v) is 10.4. The minimum Gasteiger partial charge on any atom is -0.326 e. The van der Waals surface area contributed by atoms with Gasteiger partial charge in [-0.3, -0.25) is 9.78 Å². The Bertz CT molecular complexity index is 1260. The highest BCUT2D eigenvalue weighted by atomic mass is 35.5. The van der Waals surface area contributed by atoms with Crippen LogP contribution < -0.4 is 16.0 Å². The van der Waals surface area contributed by atoms with Crippen LogP contribution in [0.2, 0.25) is 5.02 Å². The highest BCUT2D eigenvalue weighted by molar-refractivity contribution is 7.44. The maximum absolute atomic E-state index is 13.9. The molecule has 1 aliphatic carbocycles. The number of halogens is 2. The lowest BCUT2D eigenvalue weighted by atomic mass is 9.79. The van der Waals surface area contributed by atoms with E-state index in [0.717, 1.165) is 61.5 Å². The molecule has 1 atom stereocenters. The van der Waals surface area contributed by atoms with Crippen LogP contribution >= 0.6 is 11.6 Å². The number of hydrogen-bond acceptors (Lipinski definition) is 6. The summed E-state index contributed by atoms with van der Waals surface area (Å²) in [4.78, 5) is 28.5. The Morgan fingerprint density at radius 2 is 1.83 bits per heavy atom. The van der Waals surface area contributed by atoms with Crippen molar-refractivity contribution in [1.82, 2.24) is 15.2 Å². The first-order chi connectivity index (χ1) is 19.9. The van der Waals surface area contributed by atoms with Gasteiger partial charge in [0, 0.05) is 36.2 Å². The summed E-state index contributed by atoms with van der Waals surface area (Å²) in [5.74, 6) is 0.339. The van der Waals surface area contributed by atoms with Crippen molar-refractivity contribution in [3.05, 3.63) is 89.0 Å². The number of carbonyl (C=O) groups is 2. The molecule has 2 aromatic carbocycles. The molecule has 0 radical (unpaired) electrons. The predicted octanol–water partition coefficient (Wildman–Crippen LogP) is 6.07. The average molecular weight is 600 g/mol. The van der Waals surface area contributed by atoms with Crippen LogP contribution in [0, 0.1) is 11.7 Å². The first kappa shape index (κ1) is 32.0. The highest BCUT2D eigenvalue weighted by Crippen LogP contribution is 2.41. The van der Waals surface area contributed by atoms with Crippen molar-refractivity contribution in [2.45, 2.75) is 44.1 Å². The van der Waals surface area contributed by atoms with Crippen LogP contribution in [0.4, 0.5) is 20.6 Å². The van der Waals surface area contributed by atoms with Crippen molar-refractivity contribution >= 4 is 48.0 Å². The Kier molecular flexibility index (Phi) is 12.6. The maximum Gasteiger partial charge on any atom is 0.321 e. The molecule has 1 saturated carbocycles. The van der Waals surface area contributed by atoms with Crippen LogP contribution in [0.5, 0.6) is 0 Å². The summed E-state index contributed by atoms with van der Waals surface area (Å²) in [6.07, 6.45) is 10.9. The van der Waals surface area contributed by atoms with Gasteiger partial charge in [-0.25, -0.2) is 9.18 Å². The molecule has 1 saturated heterocycles. The number of aromatic nitrogens is 1. The Labute approximate surface area is 250 Å². The first-order valence-electron chi connectivity index (χ1n) is 13.5. The zero-order chi connectivity index (χ0) is 29.7. The second-order valence-electron chi connectivity index (χ2n) is 9.97. The standard InChI is InChI=1S/C19H22FN3O.C11H13ClN2O.OS/c1-21-19(9-8-14-4-5-14,16-3-2-10-22-12-16)15-6-7-17(20)18(11-15)23-13-24;12-9-3-5-10(6-4-9)13-11(15)14-7-1-2-8-14;1-2/h2-3,6-7,10-14,21H,4-5,8-9H2,1H3,(H,23,24);3-6H,1-2,7-8H2,(H,13,15);. The number of urea groups is 1. The van der Waals surface area contributed by atoms with Crippen molar-refractivity contribution in [2.24, 2.45) is 5.92 Å². The quantitative estimate of drug-likeness (QED) is 0.258. The van der Waals surface area contributed by atoms with Crippen LogP contribution in [0.3, 0.4) is 0 Å². The van der Waals surface area contributed by atoms with E-state index in [1.165, 1.54) is 18.9 Å². The zero-order valence-corrected chi connectivity index (χ0v) is 24.5. The van der Waals surface area contributed by atoms with Gasteiger partial charge >= 0.3 is 6.03 Å². The molecule has 3 aromatic rings. The number of hydrogen-bond donors (Lipinski definition) is 3. The molecular formula is C30H35ClFN5O3S. The molecule has 218 valence electrons. The molecule has 8 nitrogen and oxygen atoms in total. The number of nitrogens with zero attached hydrogens (tertiary/aromatic N) is 2. The summed E-state index contributed by atoms with van der Waals surface area (Å²) < 4.78 is 21.8. The van der Waals surface area contributed by atoms with Gasteiger partial charge in [-0.2, -0.15) is 4.21 Å². The van der Waals surface area contributed by atoms with Crippen molar-refractivity contribution < 1.29 is 18.2 Å². The Balaban J connectivity index is 0.000000233. The van der Waals surface area contributed by atoms with Gasteiger partial charge in [-0.05, 0) is 92.2 Å². The molecule has 0 bridgehead atoms. The van der Waals surface area contributed by atoms with Gasteiger partial charge in [0.2, 0.25) is 6.41 Å². The molecule has 2 fully saturated rings. The molecular weight excluding hydrogens is 565 g/mol. The average Bonchev–Trinajstić information content (AvgIpc) is 3.67. The normalized spacial score (nSPS) is 15.3. The lowest BCUT2D eigenvalue weighted by molar-refractivity contribution is -0.105. The number of rotatable bonds is 9. The van der Waals surface area contributed by atoms with E-state index in [2.05, 4.69) is 33.5 Å². The van der Waals surface area contributed by atoms with Gasteiger partial charge in [-0.15, -0.1) is 0 Å². The van der Waals surface area contributed by atoms with Crippen molar-refractivity contribution in [1.29, 1.82) is 0 Å². The van der Waals surface area contributed by atoms with Crippen LogP contribution in [0.25, 0.3) is 0 Å². The van der Waals surface area contributed by atoms with E-state index in [0.29, 0.717) is 11.4 Å². The van der Waals surface area contributed by atoms with Crippen LogP contribution in [0.1, 0.15) is 49.7 Å².